The first-order chi connectivity index (χ1) is 9.18. The fourth-order valence-corrected chi connectivity index (χ4v) is 2.55. The molecular formula is C14H20Cl2N2O2. The van der Waals surface area contributed by atoms with Gasteiger partial charge in [0.25, 0.3) is 0 Å². The zero-order chi connectivity index (χ0) is 15.3. The van der Waals surface area contributed by atoms with Crippen molar-refractivity contribution in [2.24, 2.45) is 5.92 Å². The number of rotatable bonds is 5. The minimum atomic E-state index is -0.933. The first-order valence-electron chi connectivity index (χ1n) is 6.41. The zero-order valence-electron chi connectivity index (χ0n) is 11.8. The molecule has 0 aromatic heterocycles. The summed E-state index contributed by atoms with van der Waals surface area (Å²) >= 11 is 11.7. The molecule has 2 amide bonds. The average molecular weight is 319 g/mol. The summed E-state index contributed by atoms with van der Waals surface area (Å²) in [6.07, 6.45) is 0.607. The Kier molecular flexibility index (Phi) is 6.11. The molecule has 4 nitrogen and oxygen atoms in total. The van der Waals surface area contributed by atoms with E-state index in [0.29, 0.717) is 28.1 Å². The number of anilines is 1. The van der Waals surface area contributed by atoms with Crippen molar-refractivity contribution < 1.29 is 9.90 Å². The molecule has 0 saturated carbocycles. The minimum Gasteiger partial charge on any atom is -0.388 e. The highest BCUT2D eigenvalue weighted by atomic mass is 35.5. The monoisotopic (exact) mass is 318 g/mol. The summed E-state index contributed by atoms with van der Waals surface area (Å²) in [5.74, 6) is 0.349. The molecule has 1 aromatic carbocycles. The Hall–Kier alpha value is -0.970. The molecule has 0 fully saturated rings. The number of hydrogen-bond acceptors (Lipinski definition) is 2. The number of carbonyl (C=O) groups is 1. The summed E-state index contributed by atoms with van der Waals surface area (Å²) in [6.45, 7) is 5.90. The third kappa shape index (κ3) is 6.46. The Balaban J connectivity index is 2.51. The van der Waals surface area contributed by atoms with E-state index < -0.39 is 11.6 Å². The van der Waals surface area contributed by atoms with Gasteiger partial charge < -0.3 is 15.7 Å². The Morgan fingerprint density at radius 2 is 1.85 bits per heavy atom. The van der Waals surface area contributed by atoms with E-state index in [1.807, 2.05) is 13.8 Å². The zero-order valence-corrected chi connectivity index (χ0v) is 13.3. The fraction of sp³-hybridized carbons (Fsp3) is 0.500. The van der Waals surface area contributed by atoms with Gasteiger partial charge in [0, 0.05) is 22.3 Å². The minimum absolute atomic E-state index is 0.172. The lowest BCUT2D eigenvalue weighted by Crippen LogP contribution is -2.43. The number of benzene rings is 1. The maximum absolute atomic E-state index is 11.7. The van der Waals surface area contributed by atoms with Crippen molar-refractivity contribution in [1.82, 2.24) is 5.32 Å². The number of hydrogen-bond donors (Lipinski definition) is 3. The number of aliphatic hydroxyl groups is 1. The van der Waals surface area contributed by atoms with Crippen LogP contribution in [0.3, 0.4) is 0 Å². The largest absolute Gasteiger partial charge is 0.388 e. The number of amides is 2. The number of nitrogens with one attached hydrogen (secondary N) is 2. The number of halogens is 2. The Labute approximate surface area is 129 Å². The van der Waals surface area contributed by atoms with Crippen LogP contribution in [0.25, 0.3) is 0 Å². The Morgan fingerprint density at radius 1 is 1.30 bits per heavy atom. The van der Waals surface area contributed by atoms with Crippen LogP contribution in [-0.4, -0.2) is 23.3 Å². The van der Waals surface area contributed by atoms with Crippen LogP contribution in [0.15, 0.2) is 18.2 Å². The van der Waals surface area contributed by atoms with Crippen LogP contribution in [0.5, 0.6) is 0 Å². The molecule has 0 aliphatic heterocycles. The second-order valence-corrected chi connectivity index (χ2v) is 6.43. The summed E-state index contributed by atoms with van der Waals surface area (Å²) in [5.41, 5.74) is -0.430. The Bertz CT molecular complexity index is 456. The summed E-state index contributed by atoms with van der Waals surface area (Å²) in [5, 5.41) is 16.2. The highest BCUT2D eigenvalue weighted by Crippen LogP contribution is 2.22. The average Bonchev–Trinajstić information content (AvgIpc) is 2.23. The highest BCUT2D eigenvalue weighted by Gasteiger charge is 2.22. The summed E-state index contributed by atoms with van der Waals surface area (Å²) in [4.78, 5) is 11.7. The van der Waals surface area contributed by atoms with Gasteiger partial charge in [0.05, 0.1) is 5.60 Å². The van der Waals surface area contributed by atoms with Crippen molar-refractivity contribution in [2.45, 2.75) is 32.8 Å². The second-order valence-electron chi connectivity index (χ2n) is 5.56. The van der Waals surface area contributed by atoms with E-state index >= 15 is 0 Å². The van der Waals surface area contributed by atoms with Gasteiger partial charge in [-0.1, -0.05) is 37.0 Å². The van der Waals surface area contributed by atoms with Crippen molar-refractivity contribution in [2.75, 3.05) is 11.9 Å². The van der Waals surface area contributed by atoms with Crippen LogP contribution in [0, 0.1) is 5.92 Å². The molecule has 6 heteroatoms. The van der Waals surface area contributed by atoms with Gasteiger partial charge in [-0.3, -0.25) is 0 Å². The first-order valence-corrected chi connectivity index (χ1v) is 7.17. The van der Waals surface area contributed by atoms with Gasteiger partial charge in [0.15, 0.2) is 0 Å². The van der Waals surface area contributed by atoms with E-state index in [-0.39, 0.29) is 6.54 Å². The van der Waals surface area contributed by atoms with Crippen molar-refractivity contribution in [1.29, 1.82) is 0 Å². The predicted octanol–water partition coefficient (Wildman–Crippen LogP) is 3.91. The van der Waals surface area contributed by atoms with Gasteiger partial charge in [-0.15, -0.1) is 0 Å². The van der Waals surface area contributed by atoms with Crippen molar-refractivity contribution in [3.05, 3.63) is 28.2 Å². The van der Waals surface area contributed by atoms with E-state index in [2.05, 4.69) is 10.6 Å². The standard InChI is InChI=1S/C14H20Cl2N2O2/c1-9(2)7-14(3,20)8-17-13(19)18-12-5-10(15)4-11(16)6-12/h4-6,9,20H,7-8H2,1-3H3,(H2,17,18,19). The van der Waals surface area contributed by atoms with Crippen LogP contribution in [0.4, 0.5) is 10.5 Å². The summed E-state index contributed by atoms with van der Waals surface area (Å²) < 4.78 is 0. The quantitative estimate of drug-likeness (QED) is 0.770. The molecule has 0 spiro atoms. The Morgan fingerprint density at radius 3 is 2.35 bits per heavy atom. The molecule has 112 valence electrons. The molecule has 0 radical (unpaired) electrons. The third-order valence-corrected chi connectivity index (χ3v) is 3.03. The van der Waals surface area contributed by atoms with Crippen molar-refractivity contribution in [3.8, 4) is 0 Å². The van der Waals surface area contributed by atoms with Crippen molar-refractivity contribution >= 4 is 34.9 Å². The molecule has 1 unspecified atom stereocenters. The SMILES string of the molecule is CC(C)CC(C)(O)CNC(=O)Nc1cc(Cl)cc(Cl)c1. The van der Waals surface area contributed by atoms with Gasteiger partial charge in [-0.25, -0.2) is 4.79 Å². The van der Waals surface area contributed by atoms with Gasteiger partial charge in [0.1, 0.15) is 0 Å². The maximum Gasteiger partial charge on any atom is 0.319 e. The van der Waals surface area contributed by atoms with E-state index in [9.17, 15) is 9.90 Å². The lowest BCUT2D eigenvalue weighted by molar-refractivity contribution is 0.0413. The van der Waals surface area contributed by atoms with Crippen molar-refractivity contribution in [3.63, 3.8) is 0 Å². The molecule has 1 rings (SSSR count). The normalized spacial score (nSPS) is 13.9. The third-order valence-electron chi connectivity index (χ3n) is 2.60. The number of carbonyl (C=O) groups excluding carboxylic acids is 1. The van der Waals surface area contributed by atoms with E-state index in [1.54, 1.807) is 25.1 Å². The van der Waals surface area contributed by atoms with Crippen LogP contribution < -0.4 is 10.6 Å². The summed E-state index contributed by atoms with van der Waals surface area (Å²) in [7, 11) is 0. The van der Waals surface area contributed by atoms with Gasteiger partial charge in [-0.05, 0) is 37.5 Å². The number of urea groups is 1. The molecule has 3 N–H and O–H groups in total. The molecule has 0 bridgehead atoms. The predicted molar refractivity (Wildman–Crippen MR) is 83.6 cm³/mol. The molecule has 0 saturated heterocycles. The van der Waals surface area contributed by atoms with Gasteiger partial charge in [0.2, 0.25) is 0 Å². The second kappa shape index (κ2) is 7.16. The molecule has 0 heterocycles. The first kappa shape index (κ1) is 17.1. The van der Waals surface area contributed by atoms with E-state index in [0.717, 1.165) is 0 Å². The molecule has 0 aliphatic rings. The molecule has 0 aliphatic carbocycles. The van der Waals surface area contributed by atoms with Crippen LogP contribution in [0.1, 0.15) is 27.2 Å². The lowest BCUT2D eigenvalue weighted by Gasteiger charge is -2.25. The molecule has 20 heavy (non-hydrogen) atoms. The van der Waals surface area contributed by atoms with Gasteiger partial charge in [-0.2, -0.15) is 0 Å². The highest BCUT2D eigenvalue weighted by molar-refractivity contribution is 6.35. The van der Waals surface area contributed by atoms with E-state index in [4.69, 9.17) is 23.2 Å². The molecular weight excluding hydrogens is 299 g/mol. The van der Waals surface area contributed by atoms with Crippen LogP contribution in [-0.2, 0) is 0 Å². The van der Waals surface area contributed by atoms with Crippen LogP contribution >= 0.6 is 23.2 Å². The molecule has 1 aromatic rings. The van der Waals surface area contributed by atoms with Gasteiger partial charge >= 0.3 is 6.03 Å². The van der Waals surface area contributed by atoms with Crippen LogP contribution in [0.2, 0.25) is 10.0 Å². The fourth-order valence-electron chi connectivity index (χ4n) is 2.02. The lowest BCUT2D eigenvalue weighted by atomic mass is 9.94. The maximum atomic E-state index is 11.7. The molecule has 1 atom stereocenters. The van der Waals surface area contributed by atoms with E-state index in [1.165, 1.54) is 0 Å². The summed E-state index contributed by atoms with van der Waals surface area (Å²) in [6, 6.07) is 4.37. The topological polar surface area (TPSA) is 61.4 Å². The smallest absolute Gasteiger partial charge is 0.319 e.